The predicted molar refractivity (Wildman–Crippen MR) is 78.0 cm³/mol. The highest BCUT2D eigenvalue weighted by molar-refractivity contribution is 7.89. The molecule has 1 aromatic rings. The minimum absolute atomic E-state index is 0.245. The molecule has 0 saturated heterocycles. The van der Waals surface area contributed by atoms with E-state index in [0.717, 1.165) is 6.42 Å². The van der Waals surface area contributed by atoms with Crippen molar-refractivity contribution < 1.29 is 13.2 Å². The van der Waals surface area contributed by atoms with Crippen LogP contribution in [0.1, 0.15) is 25.8 Å². The summed E-state index contributed by atoms with van der Waals surface area (Å²) in [7, 11) is -3.46. The fourth-order valence-electron chi connectivity index (χ4n) is 2.16. The number of nitrogens with one attached hydrogen (secondary N) is 1. The van der Waals surface area contributed by atoms with Gasteiger partial charge in [-0.2, -0.15) is 0 Å². The number of hydrogen-bond donors (Lipinski definition) is 2. The summed E-state index contributed by atoms with van der Waals surface area (Å²) in [6, 6.07) is 4.81. The zero-order chi connectivity index (χ0) is 14.8. The molecule has 1 saturated carbocycles. The minimum atomic E-state index is -3.46. The highest BCUT2D eigenvalue weighted by atomic mass is 32.2. The van der Waals surface area contributed by atoms with Gasteiger partial charge in [0.15, 0.2) is 0 Å². The predicted octanol–water partition coefficient (Wildman–Crippen LogP) is 1.48. The molecule has 20 heavy (non-hydrogen) atoms. The summed E-state index contributed by atoms with van der Waals surface area (Å²) in [6.07, 6.45) is 1.10. The standard InChI is InChI=1S/C14H22N2O3S/c1-3-19-14-5-4-13(7-11(14)8-15)20(17,18)16-9-12-6-10(12)2/h4-5,7,10,12,16H,3,6,8-9,15H2,1-2H3. The third-order valence-electron chi connectivity index (χ3n) is 3.67. The zero-order valence-corrected chi connectivity index (χ0v) is 12.7. The highest BCUT2D eigenvalue weighted by Gasteiger charge is 2.33. The van der Waals surface area contributed by atoms with Crippen molar-refractivity contribution in [2.24, 2.45) is 17.6 Å². The van der Waals surface area contributed by atoms with Crippen LogP contribution < -0.4 is 15.2 Å². The molecule has 0 aromatic heterocycles. The molecule has 6 heteroatoms. The molecule has 2 unspecified atom stereocenters. The Bertz CT molecular complexity index is 572. The second-order valence-electron chi connectivity index (χ2n) is 5.23. The maximum Gasteiger partial charge on any atom is 0.240 e. The summed E-state index contributed by atoms with van der Waals surface area (Å²) in [5.41, 5.74) is 6.35. The van der Waals surface area contributed by atoms with Gasteiger partial charge in [0.2, 0.25) is 10.0 Å². The Labute approximate surface area is 120 Å². The Morgan fingerprint density at radius 1 is 1.45 bits per heavy atom. The first-order valence-corrected chi connectivity index (χ1v) is 8.41. The van der Waals surface area contributed by atoms with Gasteiger partial charge in [-0.3, -0.25) is 0 Å². The highest BCUT2D eigenvalue weighted by Crippen LogP contribution is 2.37. The lowest BCUT2D eigenvalue weighted by atomic mass is 10.2. The van der Waals surface area contributed by atoms with E-state index >= 15 is 0 Å². The van der Waals surface area contributed by atoms with Crippen LogP contribution in [0.5, 0.6) is 5.75 Å². The van der Waals surface area contributed by atoms with Crippen molar-refractivity contribution >= 4 is 10.0 Å². The molecule has 0 heterocycles. The average molecular weight is 298 g/mol. The van der Waals surface area contributed by atoms with Crippen LogP contribution in [-0.4, -0.2) is 21.6 Å². The van der Waals surface area contributed by atoms with Crippen molar-refractivity contribution in [3.63, 3.8) is 0 Å². The van der Waals surface area contributed by atoms with Crippen LogP contribution in [0.25, 0.3) is 0 Å². The number of benzene rings is 1. The second-order valence-corrected chi connectivity index (χ2v) is 7.00. The monoisotopic (exact) mass is 298 g/mol. The van der Waals surface area contributed by atoms with Crippen LogP contribution in [0.4, 0.5) is 0 Å². The molecule has 112 valence electrons. The Morgan fingerprint density at radius 3 is 2.70 bits per heavy atom. The fraction of sp³-hybridized carbons (Fsp3) is 0.571. The van der Waals surface area contributed by atoms with Gasteiger partial charge in [0.05, 0.1) is 11.5 Å². The quantitative estimate of drug-likeness (QED) is 0.799. The third-order valence-corrected chi connectivity index (χ3v) is 5.09. The van der Waals surface area contributed by atoms with E-state index in [2.05, 4.69) is 11.6 Å². The zero-order valence-electron chi connectivity index (χ0n) is 11.9. The van der Waals surface area contributed by atoms with E-state index in [1.165, 1.54) is 0 Å². The molecule has 1 aliphatic rings. The first-order chi connectivity index (χ1) is 9.47. The molecule has 0 aliphatic heterocycles. The minimum Gasteiger partial charge on any atom is -0.494 e. The maximum atomic E-state index is 12.2. The van der Waals surface area contributed by atoms with Crippen molar-refractivity contribution in [3.05, 3.63) is 23.8 Å². The van der Waals surface area contributed by atoms with Crippen molar-refractivity contribution in [1.29, 1.82) is 0 Å². The molecule has 0 bridgehead atoms. The van der Waals surface area contributed by atoms with E-state index in [9.17, 15) is 8.42 Å². The van der Waals surface area contributed by atoms with Gasteiger partial charge >= 0.3 is 0 Å². The van der Waals surface area contributed by atoms with Gasteiger partial charge in [-0.25, -0.2) is 13.1 Å². The van der Waals surface area contributed by atoms with E-state index in [1.54, 1.807) is 18.2 Å². The Balaban J connectivity index is 2.14. The third kappa shape index (κ3) is 3.50. The topological polar surface area (TPSA) is 81.4 Å². The average Bonchev–Trinajstić information content (AvgIpc) is 3.13. The van der Waals surface area contributed by atoms with Crippen molar-refractivity contribution in [1.82, 2.24) is 4.72 Å². The normalized spacial score (nSPS) is 21.8. The molecule has 2 atom stereocenters. The summed E-state index contributed by atoms with van der Waals surface area (Å²) < 4.78 is 32.5. The molecule has 1 aromatic carbocycles. The molecule has 0 amide bonds. The smallest absolute Gasteiger partial charge is 0.240 e. The van der Waals surface area contributed by atoms with Crippen molar-refractivity contribution in [2.45, 2.75) is 31.7 Å². The van der Waals surface area contributed by atoms with Crippen LogP contribution in [0.2, 0.25) is 0 Å². The first-order valence-electron chi connectivity index (χ1n) is 6.93. The van der Waals surface area contributed by atoms with Gasteiger partial charge in [-0.05, 0) is 43.4 Å². The molecule has 5 nitrogen and oxygen atoms in total. The molecular formula is C14H22N2O3S. The number of hydrogen-bond acceptors (Lipinski definition) is 4. The lowest BCUT2D eigenvalue weighted by Crippen LogP contribution is -2.26. The summed E-state index contributed by atoms with van der Waals surface area (Å²) in [5.74, 6) is 1.74. The van der Waals surface area contributed by atoms with Crippen LogP contribution in [-0.2, 0) is 16.6 Å². The SMILES string of the molecule is CCOc1ccc(S(=O)(=O)NCC2CC2C)cc1CN. The number of nitrogens with two attached hydrogens (primary N) is 1. The number of sulfonamides is 1. The lowest BCUT2D eigenvalue weighted by Gasteiger charge is -2.12. The molecular weight excluding hydrogens is 276 g/mol. The van der Waals surface area contributed by atoms with Crippen LogP contribution in [0.3, 0.4) is 0 Å². The fourth-order valence-corrected chi connectivity index (χ4v) is 3.31. The van der Waals surface area contributed by atoms with E-state index in [1.807, 2.05) is 6.92 Å². The largest absolute Gasteiger partial charge is 0.494 e. The summed E-state index contributed by atoms with van der Waals surface area (Å²) in [5, 5.41) is 0. The van der Waals surface area contributed by atoms with Crippen LogP contribution in [0, 0.1) is 11.8 Å². The first kappa shape index (κ1) is 15.3. The van der Waals surface area contributed by atoms with E-state index < -0.39 is 10.0 Å². The van der Waals surface area contributed by atoms with Gasteiger partial charge < -0.3 is 10.5 Å². The van der Waals surface area contributed by atoms with E-state index in [-0.39, 0.29) is 11.4 Å². The molecule has 0 spiro atoms. The van der Waals surface area contributed by atoms with E-state index in [4.69, 9.17) is 10.5 Å². The second kappa shape index (κ2) is 6.11. The number of rotatable bonds is 7. The molecule has 2 rings (SSSR count). The molecule has 3 N–H and O–H groups in total. The van der Waals surface area contributed by atoms with Gasteiger partial charge in [0, 0.05) is 18.7 Å². The van der Waals surface area contributed by atoms with E-state index in [0.29, 0.717) is 36.3 Å². The van der Waals surface area contributed by atoms with Crippen LogP contribution in [0.15, 0.2) is 23.1 Å². The maximum absolute atomic E-state index is 12.2. The van der Waals surface area contributed by atoms with Gasteiger partial charge in [0.25, 0.3) is 0 Å². The Hall–Kier alpha value is -1.11. The van der Waals surface area contributed by atoms with Gasteiger partial charge in [-0.15, -0.1) is 0 Å². The summed E-state index contributed by atoms with van der Waals surface area (Å²) in [4.78, 5) is 0.245. The van der Waals surface area contributed by atoms with Crippen molar-refractivity contribution in [3.8, 4) is 5.75 Å². The lowest BCUT2D eigenvalue weighted by molar-refractivity contribution is 0.336. The van der Waals surface area contributed by atoms with Gasteiger partial charge in [0.1, 0.15) is 5.75 Å². The molecule has 1 fully saturated rings. The Morgan fingerprint density at radius 2 is 2.15 bits per heavy atom. The Kier molecular flexibility index (Phi) is 4.67. The number of ether oxygens (including phenoxy) is 1. The summed E-state index contributed by atoms with van der Waals surface area (Å²) in [6.45, 7) is 5.29. The van der Waals surface area contributed by atoms with Crippen LogP contribution >= 0.6 is 0 Å². The van der Waals surface area contributed by atoms with Crippen molar-refractivity contribution in [2.75, 3.05) is 13.2 Å². The van der Waals surface area contributed by atoms with Gasteiger partial charge in [-0.1, -0.05) is 6.92 Å². The molecule has 0 radical (unpaired) electrons. The summed E-state index contributed by atoms with van der Waals surface area (Å²) >= 11 is 0. The molecule has 1 aliphatic carbocycles.